The molecule has 0 aromatic carbocycles. The van der Waals surface area contributed by atoms with E-state index in [2.05, 4.69) is 16.8 Å². The molecule has 3 N–H and O–H groups in total. The van der Waals surface area contributed by atoms with E-state index in [1.165, 1.54) is 6.92 Å². The largest absolute Gasteiger partial charge is 0.394 e. The highest BCUT2D eigenvalue weighted by molar-refractivity contribution is 5.22. The third-order valence-corrected chi connectivity index (χ3v) is 2.94. The normalized spacial score (nSPS) is 32.7. The minimum atomic E-state index is -2.61. The zero-order chi connectivity index (χ0) is 14.9. The monoisotopic (exact) mass is 285 g/mol. The molecule has 1 aromatic heterocycles. The van der Waals surface area contributed by atoms with Crippen LogP contribution in [0.15, 0.2) is 15.9 Å². The molecule has 108 valence electrons. The van der Waals surface area contributed by atoms with Crippen LogP contribution in [0, 0.1) is 11.8 Å². The zero-order valence-electron chi connectivity index (χ0n) is 10.4. The van der Waals surface area contributed by atoms with Crippen LogP contribution >= 0.6 is 0 Å². The number of rotatable bonds is 2. The van der Waals surface area contributed by atoms with E-state index in [1.807, 2.05) is 4.98 Å². The molecule has 0 radical (unpaired) electrons. The number of aliphatic hydroxyl groups is 2. The van der Waals surface area contributed by atoms with Crippen LogP contribution in [0.2, 0.25) is 0 Å². The zero-order valence-corrected chi connectivity index (χ0v) is 10.4. The van der Waals surface area contributed by atoms with Gasteiger partial charge in [-0.3, -0.25) is 9.55 Å². The summed E-state index contributed by atoms with van der Waals surface area (Å²) in [6.07, 6.45) is -3.82. The highest BCUT2D eigenvalue weighted by atomic mass is 19.1. The average Bonchev–Trinajstić information content (AvgIpc) is 2.63. The van der Waals surface area contributed by atoms with Crippen LogP contribution in [0.25, 0.3) is 0 Å². The van der Waals surface area contributed by atoms with E-state index in [0.717, 1.165) is 6.33 Å². The molecule has 8 nitrogen and oxygen atoms in total. The van der Waals surface area contributed by atoms with Crippen LogP contribution in [0.5, 0.6) is 0 Å². The first-order chi connectivity index (χ1) is 9.43. The van der Waals surface area contributed by atoms with Crippen LogP contribution in [-0.4, -0.2) is 49.2 Å². The van der Waals surface area contributed by atoms with E-state index in [4.69, 9.17) is 9.84 Å². The predicted molar refractivity (Wildman–Crippen MR) is 63.4 cm³/mol. The lowest BCUT2D eigenvalue weighted by molar-refractivity contribution is -0.0549. The Bertz CT molecular complexity index is 675. The van der Waals surface area contributed by atoms with Crippen molar-refractivity contribution < 1.29 is 19.3 Å². The lowest BCUT2D eigenvalue weighted by Gasteiger charge is -2.23. The van der Waals surface area contributed by atoms with Crippen molar-refractivity contribution in [2.75, 3.05) is 6.61 Å². The Morgan fingerprint density at radius 2 is 2.35 bits per heavy atom. The van der Waals surface area contributed by atoms with E-state index in [9.17, 15) is 19.1 Å². The van der Waals surface area contributed by atoms with Crippen molar-refractivity contribution in [1.82, 2.24) is 14.5 Å². The molecule has 0 aliphatic carbocycles. The maximum atomic E-state index is 14.8. The summed E-state index contributed by atoms with van der Waals surface area (Å²) >= 11 is 0. The fraction of sp³-hybridized carbons (Fsp3) is 0.545. The maximum Gasteiger partial charge on any atom is 0.350 e. The number of aromatic nitrogens is 3. The van der Waals surface area contributed by atoms with Gasteiger partial charge in [0, 0.05) is 0 Å². The second-order valence-electron chi connectivity index (χ2n) is 4.18. The smallest absolute Gasteiger partial charge is 0.350 e. The molecule has 20 heavy (non-hydrogen) atoms. The van der Waals surface area contributed by atoms with Gasteiger partial charge < -0.3 is 14.9 Å². The number of nitrogens with one attached hydrogen (secondary N) is 1. The molecule has 2 heterocycles. The molecule has 4 atom stereocenters. The first-order valence-corrected chi connectivity index (χ1v) is 5.68. The van der Waals surface area contributed by atoms with Crippen LogP contribution < -0.4 is 11.4 Å². The molecule has 1 aromatic rings. The van der Waals surface area contributed by atoms with Crippen LogP contribution in [0.1, 0.15) is 13.2 Å². The summed E-state index contributed by atoms with van der Waals surface area (Å²) in [6.45, 7) is 0.700. The Labute approximate surface area is 111 Å². The second-order valence-corrected chi connectivity index (χ2v) is 4.18. The number of hydrogen-bond acceptors (Lipinski definition) is 6. The molecule has 0 bridgehead atoms. The van der Waals surface area contributed by atoms with Gasteiger partial charge in [0.2, 0.25) is 5.67 Å². The third-order valence-electron chi connectivity index (χ3n) is 2.94. The van der Waals surface area contributed by atoms with Crippen molar-refractivity contribution in [3.8, 4) is 11.8 Å². The number of hydrogen-bond donors (Lipinski definition) is 3. The molecular formula is C11H12FN3O5. The second kappa shape index (κ2) is 5.16. The summed E-state index contributed by atoms with van der Waals surface area (Å²) in [5.74, 6) is 4.44. The van der Waals surface area contributed by atoms with Crippen LogP contribution in [-0.2, 0) is 4.74 Å². The van der Waals surface area contributed by atoms with E-state index < -0.39 is 42.1 Å². The predicted octanol–water partition coefficient (Wildman–Crippen LogP) is -2.09. The van der Waals surface area contributed by atoms with Crippen molar-refractivity contribution in [3.05, 3.63) is 27.3 Å². The minimum absolute atomic E-state index is 0.653. The van der Waals surface area contributed by atoms with Gasteiger partial charge in [0.15, 0.2) is 6.23 Å². The lowest BCUT2D eigenvalue weighted by atomic mass is 9.96. The first kappa shape index (κ1) is 14.4. The Kier molecular flexibility index (Phi) is 3.71. The Balaban J connectivity index is 2.55. The maximum absolute atomic E-state index is 14.8. The van der Waals surface area contributed by atoms with Crippen LogP contribution in [0.4, 0.5) is 4.39 Å². The number of nitrogens with zero attached hydrogens (tertiary/aromatic N) is 2. The average molecular weight is 285 g/mol. The fourth-order valence-electron chi connectivity index (χ4n) is 2.02. The highest BCUT2D eigenvalue weighted by Gasteiger charge is 2.57. The van der Waals surface area contributed by atoms with Crippen LogP contribution in [0.3, 0.4) is 0 Å². The Morgan fingerprint density at radius 1 is 1.65 bits per heavy atom. The number of aromatic amines is 1. The summed E-state index contributed by atoms with van der Waals surface area (Å²) < 4.78 is 20.6. The Hall–Kier alpha value is -2.02. The molecule has 1 aliphatic heterocycles. The quantitative estimate of drug-likeness (QED) is 0.537. The molecule has 0 spiro atoms. The van der Waals surface area contributed by atoms with Gasteiger partial charge in [-0.15, -0.1) is 5.92 Å². The molecule has 1 fully saturated rings. The summed E-state index contributed by atoms with van der Waals surface area (Å²) in [4.78, 5) is 27.7. The molecule has 0 amide bonds. The number of H-pyrrole nitrogens is 1. The summed E-state index contributed by atoms with van der Waals surface area (Å²) in [5, 5.41) is 18.9. The summed E-state index contributed by atoms with van der Waals surface area (Å²) in [5.41, 5.74) is -4.46. The SMILES string of the molecule is CC#CC1(F)[C@@H](O)[C@@H](CO)O[C@H]1n1cnc(=O)[nH]c1=O. The number of alkyl halides is 1. The van der Waals surface area contributed by atoms with E-state index >= 15 is 0 Å². The lowest BCUT2D eigenvalue weighted by Crippen LogP contribution is -2.45. The van der Waals surface area contributed by atoms with E-state index in [1.54, 1.807) is 0 Å². The fourth-order valence-corrected chi connectivity index (χ4v) is 2.02. The molecule has 9 heteroatoms. The van der Waals surface area contributed by atoms with Crippen molar-refractivity contribution in [3.63, 3.8) is 0 Å². The molecule has 1 unspecified atom stereocenters. The molecule has 1 saturated heterocycles. The van der Waals surface area contributed by atoms with Crippen molar-refractivity contribution >= 4 is 0 Å². The highest BCUT2D eigenvalue weighted by Crippen LogP contribution is 2.40. The van der Waals surface area contributed by atoms with Gasteiger partial charge in [-0.2, -0.15) is 4.98 Å². The van der Waals surface area contributed by atoms with Gasteiger partial charge in [-0.25, -0.2) is 14.0 Å². The molecule has 2 rings (SSSR count). The summed E-state index contributed by atoms with van der Waals surface area (Å²) in [7, 11) is 0. The van der Waals surface area contributed by atoms with E-state index in [0.29, 0.717) is 4.57 Å². The number of halogens is 1. The third kappa shape index (κ3) is 2.14. The van der Waals surface area contributed by atoms with Crippen molar-refractivity contribution in [1.29, 1.82) is 0 Å². The van der Waals surface area contributed by atoms with Gasteiger partial charge in [0.05, 0.1) is 6.61 Å². The number of aliphatic hydroxyl groups excluding tert-OH is 2. The van der Waals surface area contributed by atoms with Gasteiger partial charge >= 0.3 is 11.4 Å². The standard InChI is InChI=1S/C11H12FN3O5/c1-2-3-11(12)7(17)6(4-16)20-8(11)15-5-13-9(18)14-10(15)19/h5-8,16-17H,4H2,1H3,(H,14,18,19)/t6-,7+,8-,11?/m1/s1. The van der Waals surface area contributed by atoms with Gasteiger partial charge in [-0.1, -0.05) is 5.92 Å². The molecule has 0 saturated carbocycles. The Morgan fingerprint density at radius 3 is 2.90 bits per heavy atom. The molecule has 1 aliphatic rings. The van der Waals surface area contributed by atoms with E-state index in [-0.39, 0.29) is 0 Å². The van der Waals surface area contributed by atoms with Gasteiger partial charge in [0.25, 0.3) is 0 Å². The first-order valence-electron chi connectivity index (χ1n) is 5.68. The summed E-state index contributed by atoms with van der Waals surface area (Å²) in [6, 6.07) is 0. The van der Waals surface area contributed by atoms with Gasteiger partial charge in [0.1, 0.15) is 18.5 Å². The van der Waals surface area contributed by atoms with Gasteiger partial charge in [-0.05, 0) is 6.92 Å². The van der Waals surface area contributed by atoms with Crippen molar-refractivity contribution in [2.45, 2.75) is 31.0 Å². The molecular weight excluding hydrogens is 273 g/mol. The topological polar surface area (TPSA) is 117 Å². The number of ether oxygens (including phenoxy) is 1. The van der Waals surface area contributed by atoms with Crippen molar-refractivity contribution in [2.24, 2.45) is 0 Å². The minimum Gasteiger partial charge on any atom is -0.394 e.